The van der Waals surface area contributed by atoms with Crippen molar-refractivity contribution < 1.29 is 77.1 Å². The number of ether oxygens (including phenoxy) is 4. The summed E-state index contributed by atoms with van der Waals surface area (Å²) < 4.78 is 21.6. The van der Waals surface area contributed by atoms with Crippen LogP contribution in [0, 0.1) is 11.8 Å². The summed E-state index contributed by atoms with van der Waals surface area (Å²) in [5.41, 5.74) is 5.45. The molecule has 1 aliphatic rings. The molecule has 0 bridgehead atoms. The summed E-state index contributed by atoms with van der Waals surface area (Å²) in [6.07, 6.45) is 10.0. The van der Waals surface area contributed by atoms with E-state index in [0.29, 0.717) is 63.8 Å². The van der Waals surface area contributed by atoms with Gasteiger partial charge in [0, 0.05) is 64.2 Å². The standard InChI is InChI=1S/C48H81N5O16/c1-3-35-17-19-36(20-18-35)47(63)53-40(48(64)65)21-23-43(58)51-38(22-24-45(60)61)41(56)15-11-27-67-28-30-68-32-37(55)13-10-26-66-29-31-69-33-44(59)52-39(46(49)62)14-8-9-25-50-42(57)16-7-5-4-6-12-34(2)54/h35-36,38-40H,3-33H2,1-2H3,(H2,49,62)(H,50,57)(H,51,58)(H,52,59)(H,53,63)(H,60,61)(H,64,65)/t35?,36?,38?,39-,40?/m0/s1. The van der Waals surface area contributed by atoms with E-state index in [-0.39, 0.29) is 127 Å². The van der Waals surface area contributed by atoms with Gasteiger partial charge in [-0.05, 0) is 96.3 Å². The first-order valence-electron chi connectivity index (χ1n) is 24.8. The van der Waals surface area contributed by atoms with Crippen molar-refractivity contribution >= 4 is 58.8 Å². The van der Waals surface area contributed by atoms with Crippen molar-refractivity contribution in [1.82, 2.24) is 21.3 Å². The largest absolute Gasteiger partial charge is 0.481 e. The molecule has 0 saturated heterocycles. The van der Waals surface area contributed by atoms with Crippen molar-refractivity contribution in [2.75, 3.05) is 59.4 Å². The third kappa shape index (κ3) is 33.3. The topological polar surface area (TPSA) is 322 Å². The predicted molar refractivity (Wildman–Crippen MR) is 251 cm³/mol. The minimum absolute atomic E-state index is 0.0158. The van der Waals surface area contributed by atoms with Crippen LogP contribution in [-0.2, 0) is 66.9 Å². The van der Waals surface area contributed by atoms with Gasteiger partial charge in [0.05, 0.1) is 32.5 Å². The molecule has 0 spiro atoms. The second kappa shape index (κ2) is 38.9. The third-order valence-electron chi connectivity index (χ3n) is 11.7. The van der Waals surface area contributed by atoms with Crippen LogP contribution in [0.25, 0.3) is 0 Å². The Labute approximate surface area is 406 Å². The van der Waals surface area contributed by atoms with Crippen LogP contribution in [0.2, 0.25) is 0 Å². The Bertz CT molecular complexity index is 1590. The second-order valence-corrected chi connectivity index (χ2v) is 17.6. The fraction of sp³-hybridized carbons (Fsp3) is 0.792. The molecule has 0 aromatic rings. The van der Waals surface area contributed by atoms with Gasteiger partial charge < -0.3 is 61.0 Å². The van der Waals surface area contributed by atoms with Crippen LogP contribution in [0.3, 0.4) is 0 Å². The Morgan fingerprint density at radius 2 is 1.14 bits per heavy atom. The van der Waals surface area contributed by atoms with Gasteiger partial charge in [-0.15, -0.1) is 0 Å². The Hall–Kier alpha value is -4.86. The number of amides is 5. The van der Waals surface area contributed by atoms with E-state index >= 15 is 0 Å². The van der Waals surface area contributed by atoms with Gasteiger partial charge in [-0.1, -0.05) is 26.2 Å². The first kappa shape index (κ1) is 62.2. The van der Waals surface area contributed by atoms with Gasteiger partial charge in [-0.2, -0.15) is 0 Å². The van der Waals surface area contributed by atoms with Crippen molar-refractivity contribution in [2.24, 2.45) is 17.6 Å². The second-order valence-electron chi connectivity index (χ2n) is 17.6. The van der Waals surface area contributed by atoms with Crippen LogP contribution in [0.1, 0.15) is 155 Å². The van der Waals surface area contributed by atoms with E-state index in [9.17, 15) is 53.1 Å². The number of hydrogen-bond donors (Lipinski definition) is 7. The van der Waals surface area contributed by atoms with Crippen LogP contribution >= 0.6 is 0 Å². The van der Waals surface area contributed by atoms with E-state index in [1.54, 1.807) is 6.92 Å². The van der Waals surface area contributed by atoms with Crippen molar-refractivity contribution in [3.8, 4) is 0 Å². The van der Waals surface area contributed by atoms with Crippen LogP contribution in [0.5, 0.6) is 0 Å². The molecule has 69 heavy (non-hydrogen) atoms. The van der Waals surface area contributed by atoms with Crippen molar-refractivity contribution in [3.63, 3.8) is 0 Å². The smallest absolute Gasteiger partial charge is 0.326 e. The highest BCUT2D eigenvalue weighted by Crippen LogP contribution is 2.30. The maximum atomic E-state index is 12.9. The first-order valence-corrected chi connectivity index (χ1v) is 24.8. The molecule has 5 amide bonds. The summed E-state index contributed by atoms with van der Waals surface area (Å²) in [6.45, 7) is 4.71. The lowest BCUT2D eigenvalue weighted by atomic mass is 9.80. The summed E-state index contributed by atoms with van der Waals surface area (Å²) in [5, 5.41) is 29.3. The number of Topliss-reactive ketones (excluding diaryl/α,β-unsaturated/α-hetero) is 3. The lowest BCUT2D eigenvalue weighted by Crippen LogP contribution is -2.46. The van der Waals surface area contributed by atoms with Crippen molar-refractivity contribution in [2.45, 2.75) is 173 Å². The summed E-state index contributed by atoms with van der Waals surface area (Å²) in [4.78, 5) is 121. The maximum absolute atomic E-state index is 12.9. The quantitative estimate of drug-likeness (QED) is 0.0432. The molecule has 1 aliphatic carbocycles. The van der Waals surface area contributed by atoms with Gasteiger partial charge in [-0.3, -0.25) is 38.4 Å². The molecule has 21 nitrogen and oxygen atoms in total. The number of ketones is 3. The molecular weight excluding hydrogens is 903 g/mol. The fourth-order valence-electron chi connectivity index (χ4n) is 7.58. The molecule has 2 unspecified atom stereocenters. The van der Waals surface area contributed by atoms with Gasteiger partial charge >= 0.3 is 11.9 Å². The number of carbonyl (C=O) groups is 10. The molecule has 1 saturated carbocycles. The highest BCUT2D eigenvalue weighted by molar-refractivity contribution is 5.90. The molecular formula is C48H81N5O16. The number of nitrogens with one attached hydrogen (secondary N) is 4. The third-order valence-corrected chi connectivity index (χ3v) is 11.7. The zero-order chi connectivity index (χ0) is 51.2. The summed E-state index contributed by atoms with van der Waals surface area (Å²) in [6, 6.07) is -3.24. The van der Waals surface area contributed by atoms with Gasteiger partial charge in [-0.25, -0.2) is 4.79 Å². The molecule has 1 fully saturated rings. The number of nitrogens with two attached hydrogens (primary N) is 1. The molecule has 0 heterocycles. The molecule has 21 heteroatoms. The van der Waals surface area contributed by atoms with Crippen LogP contribution in [-0.4, -0.2) is 147 Å². The number of unbranched alkanes of at least 4 members (excludes halogenated alkanes) is 4. The Balaban J connectivity index is 2.15. The normalized spacial score (nSPS) is 15.8. The number of carboxylic acids is 2. The van der Waals surface area contributed by atoms with Crippen molar-refractivity contribution in [1.29, 1.82) is 0 Å². The van der Waals surface area contributed by atoms with Crippen molar-refractivity contribution in [3.05, 3.63) is 0 Å². The molecule has 0 aromatic heterocycles. The summed E-state index contributed by atoms with van der Waals surface area (Å²) >= 11 is 0. The van der Waals surface area contributed by atoms with E-state index < -0.39 is 53.6 Å². The van der Waals surface area contributed by atoms with Gasteiger partial charge in [0.2, 0.25) is 29.5 Å². The average molecular weight is 984 g/mol. The Kier molecular flexibility index (Phi) is 35.1. The van der Waals surface area contributed by atoms with E-state index in [1.165, 1.54) is 0 Å². The number of primary amides is 1. The van der Waals surface area contributed by atoms with E-state index in [1.807, 2.05) is 0 Å². The zero-order valence-corrected chi connectivity index (χ0v) is 41.0. The highest BCUT2D eigenvalue weighted by atomic mass is 16.5. The number of rotatable bonds is 44. The van der Waals surface area contributed by atoms with Crippen LogP contribution in [0.15, 0.2) is 0 Å². The van der Waals surface area contributed by atoms with E-state index in [4.69, 9.17) is 29.8 Å². The Morgan fingerprint density at radius 1 is 0.551 bits per heavy atom. The average Bonchev–Trinajstić information content (AvgIpc) is 3.30. The number of carboxylic acid groups (broad SMARTS) is 2. The fourth-order valence-corrected chi connectivity index (χ4v) is 7.58. The maximum Gasteiger partial charge on any atom is 0.326 e. The molecule has 1 rings (SSSR count). The minimum Gasteiger partial charge on any atom is -0.481 e. The predicted octanol–water partition coefficient (Wildman–Crippen LogP) is 2.85. The number of hydrogen-bond acceptors (Lipinski definition) is 14. The Morgan fingerprint density at radius 3 is 1.75 bits per heavy atom. The molecule has 8 N–H and O–H groups in total. The lowest BCUT2D eigenvalue weighted by molar-refractivity contribution is -0.143. The highest BCUT2D eigenvalue weighted by Gasteiger charge is 2.30. The van der Waals surface area contributed by atoms with Crippen LogP contribution < -0.4 is 27.0 Å². The number of carbonyl (C=O) groups excluding carboxylic acids is 8. The van der Waals surface area contributed by atoms with Gasteiger partial charge in [0.15, 0.2) is 11.6 Å². The SMILES string of the molecule is CCC1CCC(C(=O)NC(CCC(=O)NC(CCC(=O)O)C(=O)CCCOCCOCC(=O)CCCOCCOCC(=O)N[C@@H](CCCCNC(=O)CCCCCCC(C)=O)C(N)=O)C(=O)O)CC1. The lowest BCUT2D eigenvalue weighted by Gasteiger charge is -2.28. The van der Waals surface area contributed by atoms with Gasteiger partial charge in [0.25, 0.3) is 0 Å². The zero-order valence-electron chi connectivity index (χ0n) is 41.0. The summed E-state index contributed by atoms with van der Waals surface area (Å²) in [5.74, 6) is -4.70. The minimum atomic E-state index is -1.28. The molecule has 3 atom stereocenters. The number of aliphatic carboxylic acids is 2. The summed E-state index contributed by atoms with van der Waals surface area (Å²) in [7, 11) is 0. The molecule has 394 valence electrons. The molecule has 0 aromatic carbocycles. The van der Waals surface area contributed by atoms with Gasteiger partial charge in [0.1, 0.15) is 31.1 Å². The van der Waals surface area contributed by atoms with E-state index in [2.05, 4.69) is 28.2 Å². The monoisotopic (exact) mass is 984 g/mol. The van der Waals surface area contributed by atoms with E-state index in [0.717, 1.165) is 44.9 Å². The molecule has 0 radical (unpaired) electrons. The molecule has 0 aliphatic heterocycles. The first-order chi connectivity index (χ1) is 33.0. The van der Waals surface area contributed by atoms with Crippen LogP contribution in [0.4, 0.5) is 0 Å².